The van der Waals surface area contributed by atoms with E-state index < -0.39 is 11.2 Å². The summed E-state index contributed by atoms with van der Waals surface area (Å²) >= 11 is 5.59. The number of H-pyrrole nitrogens is 1. The van der Waals surface area contributed by atoms with Crippen LogP contribution in [0.1, 0.15) is 0 Å². The van der Waals surface area contributed by atoms with Crippen LogP contribution in [0.25, 0.3) is 10.9 Å². The predicted molar refractivity (Wildman–Crippen MR) is 72.7 cm³/mol. The van der Waals surface area contributed by atoms with E-state index in [4.69, 9.17) is 21.1 Å². The van der Waals surface area contributed by atoms with Gasteiger partial charge >= 0.3 is 5.69 Å². The molecule has 6 nitrogen and oxygen atoms in total. The maximum absolute atomic E-state index is 12.3. The largest absolute Gasteiger partial charge is 0.493 e. The molecule has 0 unspecified atom stereocenters. The molecule has 0 saturated heterocycles. The zero-order valence-corrected chi connectivity index (χ0v) is 11.3. The van der Waals surface area contributed by atoms with E-state index in [2.05, 4.69) is 4.98 Å². The summed E-state index contributed by atoms with van der Waals surface area (Å²) in [6, 6.07) is 3.23. The number of nitrogens with zero attached hydrogens (tertiary/aromatic N) is 1. The van der Waals surface area contributed by atoms with Crippen molar-refractivity contribution in [3.8, 4) is 11.5 Å². The summed E-state index contributed by atoms with van der Waals surface area (Å²) in [5.41, 5.74) is -0.543. The van der Waals surface area contributed by atoms with Gasteiger partial charge in [-0.15, -0.1) is 11.6 Å². The Morgan fingerprint density at radius 1 is 1.26 bits per heavy atom. The number of hydrogen-bond donors (Lipinski definition) is 1. The molecule has 0 bridgehead atoms. The fourth-order valence-corrected chi connectivity index (χ4v) is 2.11. The lowest BCUT2D eigenvalue weighted by Gasteiger charge is -2.11. The van der Waals surface area contributed by atoms with Crippen LogP contribution >= 0.6 is 11.6 Å². The highest BCUT2D eigenvalue weighted by Gasteiger charge is 2.15. The SMILES string of the molecule is COc1ccc2[nH]c(=O)n(CCCl)c(=O)c2c1OC. The van der Waals surface area contributed by atoms with Gasteiger partial charge in [-0.25, -0.2) is 4.79 Å². The van der Waals surface area contributed by atoms with E-state index in [-0.39, 0.29) is 17.8 Å². The van der Waals surface area contributed by atoms with Crippen LogP contribution in [0.3, 0.4) is 0 Å². The number of methoxy groups -OCH3 is 2. The summed E-state index contributed by atoms with van der Waals surface area (Å²) in [5, 5.41) is 0.270. The van der Waals surface area contributed by atoms with Crippen molar-refractivity contribution < 1.29 is 9.47 Å². The van der Waals surface area contributed by atoms with E-state index in [0.717, 1.165) is 4.57 Å². The maximum atomic E-state index is 12.3. The highest BCUT2D eigenvalue weighted by atomic mass is 35.5. The Balaban J connectivity index is 2.92. The summed E-state index contributed by atoms with van der Waals surface area (Å²) in [4.78, 5) is 26.7. The molecule has 1 aromatic heterocycles. The molecular weight excluding hydrogens is 272 g/mol. The van der Waals surface area contributed by atoms with Crippen molar-refractivity contribution in [1.29, 1.82) is 0 Å². The summed E-state index contributed by atoms with van der Waals surface area (Å²) in [6.45, 7) is 0.131. The second-order valence-corrected chi connectivity index (χ2v) is 4.18. The first kappa shape index (κ1) is 13.5. The molecule has 102 valence electrons. The van der Waals surface area contributed by atoms with Crippen molar-refractivity contribution in [1.82, 2.24) is 9.55 Å². The summed E-state index contributed by atoms with van der Waals surface area (Å²) in [7, 11) is 2.92. The number of aromatic nitrogens is 2. The number of alkyl halides is 1. The van der Waals surface area contributed by atoms with Gasteiger partial charge in [-0.1, -0.05) is 0 Å². The molecule has 0 aliphatic rings. The number of benzene rings is 1. The zero-order valence-electron chi connectivity index (χ0n) is 10.5. The third-order valence-corrected chi connectivity index (χ3v) is 2.97. The van der Waals surface area contributed by atoms with Crippen LogP contribution in [0.2, 0.25) is 0 Å². The second kappa shape index (κ2) is 5.36. The monoisotopic (exact) mass is 284 g/mol. The lowest BCUT2D eigenvalue weighted by atomic mass is 10.2. The lowest BCUT2D eigenvalue weighted by Crippen LogP contribution is -2.35. The van der Waals surface area contributed by atoms with E-state index in [9.17, 15) is 9.59 Å². The highest BCUT2D eigenvalue weighted by Crippen LogP contribution is 2.31. The van der Waals surface area contributed by atoms with Crippen LogP contribution in [0.5, 0.6) is 11.5 Å². The first-order valence-corrected chi connectivity index (χ1v) is 6.11. The zero-order chi connectivity index (χ0) is 14.0. The van der Waals surface area contributed by atoms with E-state index in [1.54, 1.807) is 12.1 Å². The number of halogens is 1. The Bertz CT molecular complexity index is 720. The summed E-state index contributed by atoms with van der Waals surface area (Å²) < 4.78 is 11.4. The van der Waals surface area contributed by atoms with Gasteiger partial charge in [0, 0.05) is 12.4 Å². The van der Waals surface area contributed by atoms with Crippen LogP contribution in [0.4, 0.5) is 0 Å². The molecule has 0 spiro atoms. The Hall–Kier alpha value is -1.95. The number of ether oxygens (including phenoxy) is 2. The van der Waals surface area contributed by atoms with Crippen LogP contribution in [-0.2, 0) is 6.54 Å². The number of hydrogen-bond acceptors (Lipinski definition) is 4. The number of fused-ring (bicyclic) bond motifs is 1. The Kier molecular flexibility index (Phi) is 3.80. The van der Waals surface area contributed by atoms with Gasteiger partial charge in [0.25, 0.3) is 5.56 Å². The smallest absolute Gasteiger partial charge is 0.328 e. The Labute approximate surface area is 113 Å². The first-order chi connectivity index (χ1) is 9.13. The molecule has 0 radical (unpaired) electrons. The molecule has 7 heteroatoms. The molecular formula is C12H13ClN2O4. The minimum Gasteiger partial charge on any atom is -0.493 e. The molecule has 1 aromatic carbocycles. The molecule has 0 amide bonds. The number of rotatable bonds is 4. The van der Waals surface area contributed by atoms with Crippen LogP contribution in [0, 0.1) is 0 Å². The fraction of sp³-hybridized carbons (Fsp3) is 0.333. The van der Waals surface area contributed by atoms with Gasteiger partial charge in [0.1, 0.15) is 5.39 Å². The highest BCUT2D eigenvalue weighted by molar-refractivity contribution is 6.17. The van der Waals surface area contributed by atoms with Crippen LogP contribution in [-0.4, -0.2) is 29.7 Å². The molecule has 1 N–H and O–H groups in total. The number of aromatic amines is 1. The van der Waals surface area contributed by atoms with Crippen molar-refractivity contribution in [2.75, 3.05) is 20.1 Å². The van der Waals surface area contributed by atoms with Gasteiger partial charge in [-0.3, -0.25) is 9.36 Å². The lowest BCUT2D eigenvalue weighted by molar-refractivity contribution is 0.358. The third-order valence-electron chi connectivity index (χ3n) is 2.80. The third kappa shape index (κ3) is 2.19. The van der Waals surface area contributed by atoms with Crippen molar-refractivity contribution in [2.45, 2.75) is 6.54 Å². The average Bonchev–Trinajstić information content (AvgIpc) is 2.42. The van der Waals surface area contributed by atoms with E-state index in [1.165, 1.54) is 14.2 Å². The molecule has 0 aliphatic carbocycles. The van der Waals surface area contributed by atoms with E-state index in [0.29, 0.717) is 17.0 Å². The molecule has 2 aromatic rings. The topological polar surface area (TPSA) is 73.3 Å². The molecule has 1 heterocycles. The van der Waals surface area contributed by atoms with Crippen LogP contribution < -0.4 is 20.7 Å². The van der Waals surface area contributed by atoms with Crippen LogP contribution in [0.15, 0.2) is 21.7 Å². The van der Waals surface area contributed by atoms with Crippen molar-refractivity contribution in [3.05, 3.63) is 33.0 Å². The molecule has 0 aliphatic heterocycles. The van der Waals surface area contributed by atoms with Gasteiger partial charge in [0.15, 0.2) is 11.5 Å². The molecule has 0 atom stereocenters. The Morgan fingerprint density at radius 3 is 2.58 bits per heavy atom. The standard InChI is InChI=1S/C12H13ClN2O4/c1-18-8-4-3-7-9(10(8)19-2)11(16)15(6-5-13)12(17)14-7/h3-4H,5-6H2,1-2H3,(H,14,17). The first-order valence-electron chi connectivity index (χ1n) is 5.57. The normalized spacial score (nSPS) is 10.7. The van der Waals surface area contributed by atoms with Crippen molar-refractivity contribution >= 4 is 22.5 Å². The molecule has 0 saturated carbocycles. The molecule has 2 rings (SSSR count). The van der Waals surface area contributed by atoms with Gasteiger partial charge in [0.05, 0.1) is 19.7 Å². The van der Waals surface area contributed by atoms with E-state index >= 15 is 0 Å². The van der Waals surface area contributed by atoms with Gasteiger partial charge in [0.2, 0.25) is 0 Å². The van der Waals surface area contributed by atoms with Gasteiger partial charge < -0.3 is 14.5 Å². The summed E-state index contributed by atoms with van der Waals surface area (Å²) in [5.74, 6) is 0.891. The minimum atomic E-state index is -0.495. The quantitative estimate of drug-likeness (QED) is 0.848. The van der Waals surface area contributed by atoms with Crippen molar-refractivity contribution in [2.24, 2.45) is 0 Å². The minimum absolute atomic E-state index is 0.131. The average molecular weight is 285 g/mol. The van der Waals surface area contributed by atoms with Gasteiger partial charge in [-0.2, -0.15) is 0 Å². The second-order valence-electron chi connectivity index (χ2n) is 3.80. The molecule has 19 heavy (non-hydrogen) atoms. The summed E-state index contributed by atoms with van der Waals surface area (Å²) in [6.07, 6.45) is 0. The maximum Gasteiger partial charge on any atom is 0.328 e. The van der Waals surface area contributed by atoms with E-state index in [1.807, 2.05) is 0 Å². The molecule has 0 fully saturated rings. The van der Waals surface area contributed by atoms with Gasteiger partial charge in [-0.05, 0) is 12.1 Å². The number of nitrogens with one attached hydrogen (secondary N) is 1. The predicted octanol–water partition coefficient (Wildman–Crippen LogP) is 0.946. The van der Waals surface area contributed by atoms with Crippen molar-refractivity contribution in [3.63, 3.8) is 0 Å². The Morgan fingerprint density at radius 2 is 2.00 bits per heavy atom. The fourth-order valence-electron chi connectivity index (χ4n) is 1.94.